The summed E-state index contributed by atoms with van der Waals surface area (Å²) in [6.45, 7) is 12.8. The predicted molar refractivity (Wildman–Crippen MR) is 75.7 cm³/mol. The number of hydrogen-bond donors (Lipinski definition) is 0. The highest BCUT2D eigenvalue weighted by atomic mass is 16.5. The Hall–Kier alpha value is -0.610. The number of amides is 1. The lowest BCUT2D eigenvalue weighted by Gasteiger charge is -2.28. The number of carbonyl (C=O) groups is 1. The van der Waals surface area contributed by atoms with Crippen LogP contribution in [0.3, 0.4) is 0 Å². The lowest BCUT2D eigenvalue weighted by Crippen LogP contribution is -2.42. The first-order valence-corrected chi connectivity index (χ1v) is 6.68. The van der Waals surface area contributed by atoms with Crippen molar-refractivity contribution in [2.45, 2.75) is 40.2 Å². The second-order valence-electron chi connectivity index (χ2n) is 6.44. The van der Waals surface area contributed by atoms with Crippen LogP contribution >= 0.6 is 0 Å². The molecule has 0 bridgehead atoms. The molecule has 0 rings (SSSR count). The van der Waals surface area contributed by atoms with Gasteiger partial charge in [-0.3, -0.25) is 4.79 Å². The molecule has 0 aliphatic rings. The minimum Gasteiger partial charge on any atom is -0.366 e. The molecule has 0 saturated heterocycles. The van der Waals surface area contributed by atoms with Crippen LogP contribution in [0.2, 0.25) is 0 Å². The van der Waals surface area contributed by atoms with Crippen molar-refractivity contribution in [3.05, 3.63) is 0 Å². The Labute approximate surface area is 112 Å². The average Bonchev–Trinajstić information content (AvgIpc) is 2.19. The first-order valence-electron chi connectivity index (χ1n) is 6.68. The molecule has 0 aliphatic heterocycles. The van der Waals surface area contributed by atoms with Gasteiger partial charge >= 0.3 is 0 Å². The summed E-state index contributed by atoms with van der Waals surface area (Å²) in [5.41, 5.74) is -0.263. The fourth-order valence-electron chi connectivity index (χ4n) is 1.45. The SMILES string of the molecule is CC(C)CN(CCN(C)C)C(=O)COC(C)(C)C. The topological polar surface area (TPSA) is 32.8 Å². The van der Waals surface area contributed by atoms with E-state index in [0.29, 0.717) is 5.92 Å². The highest BCUT2D eigenvalue weighted by Crippen LogP contribution is 2.08. The molecule has 0 fully saturated rings. The lowest BCUT2D eigenvalue weighted by atomic mass is 10.2. The van der Waals surface area contributed by atoms with Gasteiger partial charge in [0, 0.05) is 19.6 Å². The van der Waals surface area contributed by atoms with Crippen LogP contribution in [0.5, 0.6) is 0 Å². The molecule has 0 spiro atoms. The predicted octanol–water partition coefficient (Wildman–Crippen LogP) is 1.85. The molecular formula is C14H30N2O2. The number of likely N-dealkylation sites (N-methyl/N-ethyl adjacent to an activating group) is 1. The van der Waals surface area contributed by atoms with Crippen LogP contribution in [0.4, 0.5) is 0 Å². The standard InChI is InChI=1S/C14H30N2O2/c1-12(2)10-16(9-8-15(6)7)13(17)11-18-14(3,4)5/h12H,8-11H2,1-7H3. The van der Waals surface area contributed by atoms with E-state index in [1.165, 1.54) is 0 Å². The highest BCUT2D eigenvalue weighted by Gasteiger charge is 2.18. The molecule has 0 atom stereocenters. The van der Waals surface area contributed by atoms with E-state index in [9.17, 15) is 4.79 Å². The molecule has 0 aromatic carbocycles. The Morgan fingerprint density at radius 1 is 1.17 bits per heavy atom. The largest absolute Gasteiger partial charge is 0.366 e. The first kappa shape index (κ1) is 17.4. The van der Waals surface area contributed by atoms with Gasteiger partial charge in [0.2, 0.25) is 5.91 Å². The molecule has 0 radical (unpaired) electrons. The fourth-order valence-corrected chi connectivity index (χ4v) is 1.45. The zero-order chi connectivity index (χ0) is 14.3. The second-order valence-corrected chi connectivity index (χ2v) is 6.44. The van der Waals surface area contributed by atoms with Crippen molar-refractivity contribution in [1.82, 2.24) is 9.80 Å². The molecule has 0 aromatic heterocycles. The summed E-state index contributed by atoms with van der Waals surface area (Å²) in [5.74, 6) is 0.561. The van der Waals surface area contributed by atoms with Crippen molar-refractivity contribution in [1.29, 1.82) is 0 Å². The zero-order valence-electron chi connectivity index (χ0n) is 13.1. The smallest absolute Gasteiger partial charge is 0.248 e. The van der Waals surface area contributed by atoms with Gasteiger partial charge in [0.25, 0.3) is 0 Å². The summed E-state index contributed by atoms with van der Waals surface area (Å²) in [4.78, 5) is 16.1. The van der Waals surface area contributed by atoms with E-state index < -0.39 is 0 Å². The maximum atomic E-state index is 12.1. The van der Waals surface area contributed by atoms with Crippen LogP contribution in [-0.2, 0) is 9.53 Å². The van der Waals surface area contributed by atoms with Gasteiger partial charge in [-0.05, 0) is 40.8 Å². The van der Waals surface area contributed by atoms with Crippen LogP contribution in [-0.4, -0.2) is 61.6 Å². The number of carbonyl (C=O) groups excluding carboxylic acids is 1. The minimum atomic E-state index is -0.263. The third-order valence-electron chi connectivity index (χ3n) is 2.38. The zero-order valence-corrected chi connectivity index (χ0v) is 13.1. The van der Waals surface area contributed by atoms with Crippen LogP contribution in [0.1, 0.15) is 34.6 Å². The summed E-state index contributed by atoms with van der Waals surface area (Å²) in [5, 5.41) is 0. The van der Waals surface area contributed by atoms with Crippen molar-refractivity contribution in [3.8, 4) is 0 Å². The molecule has 0 saturated carbocycles. The maximum absolute atomic E-state index is 12.1. The molecule has 4 nitrogen and oxygen atoms in total. The van der Waals surface area contributed by atoms with Crippen molar-refractivity contribution < 1.29 is 9.53 Å². The van der Waals surface area contributed by atoms with Gasteiger partial charge in [0.15, 0.2) is 0 Å². The van der Waals surface area contributed by atoms with E-state index in [-0.39, 0.29) is 18.1 Å². The van der Waals surface area contributed by atoms with Crippen LogP contribution in [0.25, 0.3) is 0 Å². The van der Waals surface area contributed by atoms with Crippen molar-refractivity contribution in [2.75, 3.05) is 40.3 Å². The molecule has 0 N–H and O–H groups in total. The monoisotopic (exact) mass is 258 g/mol. The summed E-state index contributed by atoms with van der Waals surface area (Å²) < 4.78 is 5.56. The molecular weight excluding hydrogens is 228 g/mol. The molecule has 1 amide bonds. The average molecular weight is 258 g/mol. The summed E-state index contributed by atoms with van der Waals surface area (Å²) in [6, 6.07) is 0. The Bertz CT molecular complexity index is 245. The second kappa shape index (κ2) is 7.74. The third kappa shape index (κ3) is 9.42. The minimum absolute atomic E-state index is 0.0838. The van der Waals surface area contributed by atoms with Gasteiger partial charge < -0.3 is 14.5 Å². The third-order valence-corrected chi connectivity index (χ3v) is 2.38. The molecule has 108 valence electrons. The number of rotatable bonds is 7. The van der Waals surface area contributed by atoms with Crippen molar-refractivity contribution >= 4 is 5.91 Å². The Balaban J connectivity index is 4.31. The molecule has 0 heterocycles. The van der Waals surface area contributed by atoms with E-state index in [2.05, 4.69) is 18.7 Å². The van der Waals surface area contributed by atoms with Gasteiger partial charge in [-0.2, -0.15) is 0 Å². The normalized spacial score (nSPS) is 12.3. The summed E-state index contributed by atoms with van der Waals surface area (Å²) in [7, 11) is 4.04. The number of nitrogens with zero attached hydrogens (tertiary/aromatic N) is 2. The molecule has 0 unspecified atom stereocenters. The van der Waals surface area contributed by atoms with Gasteiger partial charge in [0.1, 0.15) is 6.61 Å². The van der Waals surface area contributed by atoms with Gasteiger partial charge in [-0.15, -0.1) is 0 Å². The number of ether oxygens (including phenoxy) is 1. The Morgan fingerprint density at radius 2 is 1.72 bits per heavy atom. The van der Waals surface area contributed by atoms with E-state index in [1.807, 2.05) is 39.8 Å². The van der Waals surface area contributed by atoms with E-state index in [4.69, 9.17) is 4.74 Å². The maximum Gasteiger partial charge on any atom is 0.248 e. The van der Waals surface area contributed by atoms with Gasteiger partial charge in [0.05, 0.1) is 5.60 Å². The van der Waals surface area contributed by atoms with E-state index in [1.54, 1.807) is 0 Å². The van der Waals surface area contributed by atoms with E-state index in [0.717, 1.165) is 19.6 Å². The quantitative estimate of drug-likeness (QED) is 0.698. The number of hydrogen-bond acceptors (Lipinski definition) is 3. The lowest BCUT2D eigenvalue weighted by molar-refractivity contribution is -0.141. The molecule has 0 aliphatic carbocycles. The van der Waals surface area contributed by atoms with Crippen LogP contribution in [0, 0.1) is 5.92 Å². The van der Waals surface area contributed by atoms with Gasteiger partial charge in [-0.25, -0.2) is 0 Å². The fraction of sp³-hybridized carbons (Fsp3) is 0.929. The van der Waals surface area contributed by atoms with Gasteiger partial charge in [-0.1, -0.05) is 13.8 Å². The summed E-state index contributed by atoms with van der Waals surface area (Å²) in [6.07, 6.45) is 0. The highest BCUT2D eigenvalue weighted by molar-refractivity contribution is 5.77. The molecule has 4 heteroatoms. The molecule has 0 aromatic rings. The van der Waals surface area contributed by atoms with E-state index >= 15 is 0 Å². The van der Waals surface area contributed by atoms with Crippen molar-refractivity contribution in [3.63, 3.8) is 0 Å². The Kier molecular flexibility index (Phi) is 7.48. The summed E-state index contributed by atoms with van der Waals surface area (Å²) >= 11 is 0. The Morgan fingerprint density at radius 3 is 2.11 bits per heavy atom. The van der Waals surface area contributed by atoms with Crippen LogP contribution in [0.15, 0.2) is 0 Å². The van der Waals surface area contributed by atoms with Crippen molar-refractivity contribution in [2.24, 2.45) is 5.92 Å². The molecule has 18 heavy (non-hydrogen) atoms. The first-order chi connectivity index (χ1) is 8.11. The van der Waals surface area contributed by atoms with Crippen LogP contribution < -0.4 is 0 Å².